The van der Waals surface area contributed by atoms with Crippen LogP contribution in [0.3, 0.4) is 0 Å². The highest BCUT2D eigenvalue weighted by Gasteiger charge is 2.36. The molecule has 0 saturated carbocycles. The Hall–Kier alpha value is -4.46. The molecule has 0 saturated heterocycles. The first-order chi connectivity index (χ1) is 17.2. The van der Waals surface area contributed by atoms with E-state index in [-0.39, 0.29) is 35.0 Å². The van der Waals surface area contributed by atoms with Crippen molar-refractivity contribution < 1.29 is 27.2 Å². The molecule has 0 fully saturated rings. The molecular formula is C22H16F3N7O3S. The van der Waals surface area contributed by atoms with Crippen LogP contribution in [-0.4, -0.2) is 36.2 Å². The summed E-state index contributed by atoms with van der Waals surface area (Å²) in [7, 11) is 1.55. The summed E-state index contributed by atoms with van der Waals surface area (Å²) in [6.07, 6.45) is -1.88. The second-order valence-corrected chi connectivity index (χ2v) is 8.53. The predicted octanol–water partition coefficient (Wildman–Crippen LogP) is 3.99. The van der Waals surface area contributed by atoms with Crippen molar-refractivity contribution in [3.8, 4) is 10.6 Å². The first kappa shape index (κ1) is 23.3. The Bertz CT molecular complexity index is 1550. The van der Waals surface area contributed by atoms with Crippen molar-refractivity contribution in [2.24, 2.45) is 7.05 Å². The third-order valence-electron chi connectivity index (χ3n) is 5.02. The van der Waals surface area contributed by atoms with Gasteiger partial charge in [-0.05, 0) is 29.6 Å². The van der Waals surface area contributed by atoms with Gasteiger partial charge in [-0.3, -0.25) is 14.3 Å². The van der Waals surface area contributed by atoms with Gasteiger partial charge in [-0.25, -0.2) is 9.50 Å². The van der Waals surface area contributed by atoms with Crippen molar-refractivity contribution in [2.75, 3.05) is 5.32 Å². The highest BCUT2D eigenvalue weighted by atomic mass is 32.1. The number of fused-ring (bicyclic) bond motifs is 1. The number of amides is 2. The zero-order chi connectivity index (χ0) is 25.4. The zero-order valence-electron chi connectivity index (χ0n) is 18.4. The van der Waals surface area contributed by atoms with Crippen molar-refractivity contribution in [3.05, 3.63) is 77.1 Å². The van der Waals surface area contributed by atoms with E-state index in [0.29, 0.717) is 15.2 Å². The van der Waals surface area contributed by atoms with Crippen LogP contribution in [0.25, 0.3) is 16.2 Å². The van der Waals surface area contributed by atoms with E-state index in [0.717, 1.165) is 12.1 Å². The summed E-state index contributed by atoms with van der Waals surface area (Å²) in [5, 5.41) is 14.7. The summed E-state index contributed by atoms with van der Waals surface area (Å²) < 4.78 is 48.4. The number of furan rings is 1. The summed E-state index contributed by atoms with van der Waals surface area (Å²) in [5.74, 6) is -0.900. The van der Waals surface area contributed by atoms with Crippen LogP contribution in [0.15, 0.2) is 58.7 Å². The fourth-order valence-electron chi connectivity index (χ4n) is 3.44. The summed E-state index contributed by atoms with van der Waals surface area (Å²) in [6, 6.07) is 8.73. The minimum absolute atomic E-state index is 0.0554. The maximum atomic E-state index is 13.8. The Morgan fingerprint density at radius 3 is 2.67 bits per heavy atom. The zero-order valence-corrected chi connectivity index (χ0v) is 19.2. The molecule has 2 amide bonds. The Labute approximate surface area is 204 Å². The first-order valence-corrected chi connectivity index (χ1v) is 11.2. The number of alkyl halides is 3. The Kier molecular flexibility index (Phi) is 5.80. The van der Waals surface area contributed by atoms with Gasteiger partial charge in [0.05, 0.1) is 29.1 Å². The maximum Gasteiger partial charge on any atom is 0.433 e. The molecule has 0 aliphatic heterocycles. The Morgan fingerprint density at radius 1 is 1.14 bits per heavy atom. The molecule has 14 heteroatoms. The highest BCUT2D eigenvalue weighted by Crippen LogP contribution is 2.33. The molecule has 0 radical (unpaired) electrons. The molecular weight excluding hydrogens is 499 g/mol. The van der Waals surface area contributed by atoms with Crippen LogP contribution >= 0.6 is 11.3 Å². The lowest BCUT2D eigenvalue weighted by Gasteiger charge is -2.10. The molecule has 0 spiro atoms. The van der Waals surface area contributed by atoms with Crippen LogP contribution in [0.5, 0.6) is 0 Å². The van der Waals surface area contributed by atoms with Gasteiger partial charge in [0, 0.05) is 19.3 Å². The molecule has 0 aromatic carbocycles. The molecule has 36 heavy (non-hydrogen) atoms. The Balaban J connectivity index is 1.43. The minimum atomic E-state index is -4.74. The number of carbonyl (C=O) groups excluding carboxylic acids is 2. The number of nitrogens with zero attached hydrogens (tertiary/aromatic N) is 5. The fourth-order valence-corrected chi connectivity index (χ4v) is 4.12. The third kappa shape index (κ3) is 4.57. The topological polar surface area (TPSA) is 119 Å². The van der Waals surface area contributed by atoms with Crippen molar-refractivity contribution in [1.29, 1.82) is 0 Å². The number of nitrogens with one attached hydrogen (secondary N) is 2. The summed E-state index contributed by atoms with van der Waals surface area (Å²) in [6.45, 7) is 0.0979. The Morgan fingerprint density at radius 2 is 1.97 bits per heavy atom. The van der Waals surface area contributed by atoms with Gasteiger partial charge < -0.3 is 15.1 Å². The molecule has 5 heterocycles. The second kappa shape index (κ2) is 8.96. The lowest BCUT2D eigenvalue weighted by molar-refractivity contribution is -0.142. The van der Waals surface area contributed by atoms with Crippen molar-refractivity contribution in [1.82, 2.24) is 29.7 Å². The number of rotatable bonds is 6. The maximum absolute atomic E-state index is 13.8. The SMILES string of the molecule is Cn1cc(NC(=O)c2cc3nc(-c4cccs4)cc(C(F)(F)F)n3n2)c(C(=O)NCc2ccco2)n1. The number of halogens is 3. The van der Waals surface area contributed by atoms with Crippen LogP contribution in [0.1, 0.15) is 32.4 Å². The van der Waals surface area contributed by atoms with E-state index in [2.05, 4.69) is 25.8 Å². The number of carbonyl (C=O) groups is 2. The number of thiophene rings is 1. The van der Waals surface area contributed by atoms with Gasteiger partial charge in [0.15, 0.2) is 22.7 Å². The molecule has 0 unspecified atom stereocenters. The van der Waals surface area contributed by atoms with Gasteiger partial charge in [0.2, 0.25) is 0 Å². The molecule has 2 N–H and O–H groups in total. The van der Waals surface area contributed by atoms with Gasteiger partial charge in [-0.15, -0.1) is 11.3 Å². The van der Waals surface area contributed by atoms with Crippen molar-refractivity contribution in [2.45, 2.75) is 12.7 Å². The molecule has 5 rings (SSSR count). The number of aryl methyl sites for hydroxylation is 1. The van der Waals surface area contributed by atoms with Gasteiger partial charge >= 0.3 is 6.18 Å². The molecule has 0 aliphatic rings. The standard InChI is InChI=1S/C22H16F3N7O3S/c1-31-11-15(19(30-31)21(34)26-10-12-4-2-6-35-12)28-20(33)14-9-18-27-13(16-5-3-7-36-16)8-17(22(23,24)25)32(18)29-14/h2-9,11H,10H2,1H3,(H,26,34)(H,28,33). The number of anilines is 1. The van der Waals surface area contributed by atoms with Crippen LogP contribution in [0.2, 0.25) is 0 Å². The molecule has 5 aromatic heterocycles. The van der Waals surface area contributed by atoms with Gasteiger partial charge in [-0.2, -0.15) is 23.4 Å². The summed E-state index contributed by atoms with van der Waals surface area (Å²) in [5.41, 5.74) is -1.47. The quantitative estimate of drug-likeness (QED) is 0.353. The molecule has 0 atom stereocenters. The largest absolute Gasteiger partial charge is 0.467 e. The third-order valence-corrected chi connectivity index (χ3v) is 5.91. The van der Waals surface area contributed by atoms with Gasteiger partial charge in [0.25, 0.3) is 11.8 Å². The molecule has 0 bridgehead atoms. The summed E-state index contributed by atoms with van der Waals surface area (Å²) >= 11 is 1.24. The van der Waals surface area contributed by atoms with Crippen molar-refractivity contribution >= 4 is 34.5 Å². The van der Waals surface area contributed by atoms with E-state index < -0.39 is 23.7 Å². The lowest BCUT2D eigenvalue weighted by atomic mass is 10.2. The second-order valence-electron chi connectivity index (χ2n) is 7.58. The molecule has 10 nitrogen and oxygen atoms in total. The van der Waals surface area contributed by atoms with Gasteiger partial charge in [0.1, 0.15) is 5.76 Å². The normalized spacial score (nSPS) is 11.7. The predicted molar refractivity (Wildman–Crippen MR) is 122 cm³/mol. The lowest BCUT2D eigenvalue weighted by Crippen LogP contribution is -2.25. The monoisotopic (exact) mass is 515 g/mol. The molecule has 0 aliphatic carbocycles. The van der Waals surface area contributed by atoms with Crippen LogP contribution < -0.4 is 10.6 Å². The first-order valence-electron chi connectivity index (χ1n) is 10.4. The van der Waals surface area contributed by atoms with E-state index in [1.54, 1.807) is 36.7 Å². The molecule has 5 aromatic rings. The number of aromatic nitrogens is 5. The minimum Gasteiger partial charge on any atom is -0.467 e. The number of hydrogen-bond acceptors (Lipinski definition) is 7. The van der Waals surface area contributed by atoms with E-state index in [9.17, 15) is 22.8 Å². The number of hydrogen-bond donors (Lipinski definition) is 2. The van der Waals surface area contributed by atoms with Crippen molar-refractivity contribution in [3.63, 3.8) is 0 Å². The fraction of sp³-hybridized carbons (Fsp3) is 0.136. The summed E-state index contributed by atoms with van der Waals surface area (Å²) in [4.78, 5) is 30.3. The van der Waals surface area contributed by atoms with E-state index in [4.69, 9.17) is 4.42 Å². The smallest absolute Gasteiger partial charge is 0.433 e. The van der Waals surface area contributed by atoms with Crippen LogP contribution in [0, 0.1) is 0 Å². The van der Waals surface area contributed by atoms with Crippen LogP contribution in [-0.2, 0) is 19.8 Å². The highest BCUT2D eigenvalue weighted by molar-refractivity contribution is 7.13. The van der Waals surface area contributed by atoms with E-state index >= 15 is 0 Å². The van der Waals surface area contributed by atoms with Gasteiger partial charge in [-0.1, -0.05) is 6.07 Å². The molecule has 184 valence electrons. The van der Waals surface area contributed by atoms with E-state index in [1.165, 1.54) is 28.5 Å². The van der Waals surface area contributed by atoms with E-state index in [1.807, 2.05) is 0 Å². The van der Waals surface area contributed by atoms with Crippen LogP contribution in [0.4, 0.5) is 18.9 Å². The average Bonchev–Trinajstić information content (AvgIpc) is 3.63. The average molecular weight is 515 g/mol.